The summed E-state index contributed by atoms with van der Waals surface area (Å²) in [6, 6.07) is 4.20. The van der Waals surface area contributed by atoms with Gasteiger partial charge in [-0.25, -0.2) is 14.6 Å². The molecule has 0 radical (unpaired) electrons. The Balaban J connectivity index is 1.21. The molecule has 3 fully saturated rings. The largest absolute Gasteiger partial charge is 0.427 e. The Bertz CT molecular complexity index is 1770. The van der Waals surface area contributed by atoms with Crippen molar-refractivity contribution < 1.29 is 24.2 Å². The number of aromatic nitrogens is 1. The number of fused-ring (bicyclic) bond motifs is 3. The third kappa shape index (κ3) is 5.35. The highest BCUT2D eigenvalue weighted by Gasteiger charge is 2.69. The van der Waals surface area contributed by atoms with Crippen LogP contribution in [0, 0.1) is 40.4 Å². The van der Waals surface area contributed by atoms with E-state index in [0.29, 0.717) is 31.2 Å². The highest BCUT2D eigenvalue weighted by Crippen LogP contribution is 2.72. The van der Waals surface area contributed by atoms with Gasteiger partial charge in [-0.1, -0.05) is 53.9 Å². The van der Waals surface area contributed by atoms with Crippen LogP contribution in [0.25, 0.3) is 0 Å². The number of rotatable bonds is 5. The second-order valence-electron chi connectivity index (χ2n) is 16.6. The molecule has 0 aromatic carbocycles. The minimum absolute atomic E-state index is 0.0606. The third-order valence-electron chi connectivity index (χ3n) is 14.0. The van der Waals surface area contributed by atoms with Crippen LogP contribution in [0.15, 0.2) is 63.8 Å². The van der Waals surface area contributed by atoms with Crippen molar-refractivity contribution in [2.75, 3.05) is 17.7 Å². The molecule has 1 saturated heterocycles. The van der Waals surface area contributed by atoms with Gasteiger partial charge in [0.2, 0.25) is 0 Å². The molecule has 1 aromatic heterocycles. The van der Waals surface area contributed by atoms with Crippen LogP contribution in [-0.4, -0.2) is 45.9 Å². The van der Waals surface area contributed by atoms with Gasteiger partial charge in [-0.3, -0.25) is 0 Å². The fourth-order valence-electron chi connectivity index (χ4n) is 11.8. The number of ether oxygens (including phenoxy) is 2. The number of hydrogen-bond acceptors (Lipinski definition) is 10. The van der Waals surface area contributed by atoms with Gasteiger partial charge in [-0.2, -0.15) is 0 Å². The molecule has 9 aliphatic rings. The zero-order valence-corrected chi connectivity index (χ0v) is 31.7. The number of esters is 2. The molecule has 7 bridgehead atoms. The minimum atomic E-state index is -0.670. The Morgan fingerprint density at radius 2 is 1.98 bits per heavy atom. The number of carbonyl (C=O) groups excluding carboxylic acids is 2. The molecule has 51 heavy (non-hydrogen) atoms. The molecule has 8 nitrogen and oxygen atoms in total. The van der Waals surface area contributed by atoms with Gasteiger partial charge in [0, 0.05) is 29.8 Å². The Labute approximate surface area is 309 Å². The first-order chi connectivity index (χ1) is 24.7. The van der Waals surface area contributed by atoms with Crippen molar-refractivity contribution in [1.82, 2.24) is 10.3 Å². The summed E-state index contributed by atoms with van der Waals surface area (Å²) >= 11 is 0. The molecule has 272 valence electrons. The van der Waals surface area contributed by atoms with Crippen LogP contribution in [0.2, 0.25) is 0 Å². The molecule has 10 rings (SSSR count). The highest BCUT2D eigenvalue weighted by atomic mass is 33.1. The van der Waals surface area contributed by atoms with E-state index in [1.807, 2.05) is 6.20 Å². The van der Waals surface area contributed by atoms with Gasteiger partial charge >= 0.3 is 11.9 Å². The Hall–Kier alpha value is -2.53. The number of nitrogens with zero attached hydrogens (tertiary/aromatic N) is 1. The van der Waals surface area contributed by atoms with E-state index in [2.05, 4.69) is 47.7 Å². The van der Waals surface area contributed by atoms with Crippen LogP contribution >= 0.6 is 21.6 Å². The Morgan fingerprint density at radius 3 is 2.78 bits per heavy atom. The number of aliphatic hydroxyl groups is 1. The second-order valence-corrected chi connectivity index (χ2v) is 19.1. The molecular formula is C41H51N3O5S2. The summed E-state index contributed by atoms with van der Waals surface area (Å²) < 4.78 is 13.0. The number of anilines is 1. The average Bonchev–Trinajstić information content (AvgIpc) is 3.83. The molecule has 10 heteroatoms. The van der Waals surface area contributed by atoms with E-state index in [4.69, 9.17) is 9.47 Å². The molecule has 3 N–H and O–H groups in total. The first-order valence-corrected chi connectivity index (χ1v) is 21.9. The van der Waals surface area contributed by atoms with Crippen molar-refractivity contribution in [3.63, 3.8) is 0 Å². The van der Waals surface area contributed by atoms with Gasteiger partial charge in [0.25, 0.3) is 0 Å². The van der Waals surface area contributed by atoms with Crippen molar-refractivity contribution in [2.45, 2.75) is 109 Å². The maximum atomic E-state index is 14.5. The van der Waals surface area contributed by atoms with Crippen molar-refractivity contribution in [1.29, 1.82) is 0 Å². The molecule has 8 atom stereocenters. The number of aliphatic hydroxyl groups excluding tert-OH is 1. The fraction of sp³-hybridized carbons (Fsp3) is 0.634. The maximum Gasteiger partial charge on any atom is 0.340 e. The van der Waals surface area contributed by atoms with Crippen molar-refractivity contribution in [3.05, 3.63) is 69.4 Å². The Kier molecular flexibility index (Phi) is 8.80. The van der Waals surface area contributed by atoms with Crippen LogP contribution in [0.3, 0.4) is 0 Å². The predicted octanol–water partition coefficient (Wildman–Crippen LogP) is 7.98. The first kappa shape index (κ1) is 34.3. The smallest absolute Gasteiger partial charge is 0.340 e. The van der Waals surface area contributed by atoms with Gasteiger partial charge in [0.15, 0.2) is 0 Å². The summed E-state index contributed by atoms with van der Waals surface area (Å²) in [6.07, 6.45) is 15.9. The van der Waals surface area contributed by atoms with Gasteiger partial charge in [0.05, 0.1) is 28.3 Å². The molecule has 2 saturated carbocycles. The lowest BCUT2D eigenvalue weighted by Gasteiger charge is -2.57. The van der Waals surface area contributed by atoms with Crippen LogP contribution in [0.4, 0.5) is 5.82 Å². The number of nitrogens with one attached hydrogen (secondary N) is 2. The van der Waals surface area contributed by atoms with Gasteiger partial charge in [-0.15, -0.1) is 0 Å². The molecule has 1 aromatic rings. The summed E-state index contributed by atoms with van der Waals surface area (Å²) in [7, 11) is 3.49. The zero-order valence-electron chi connectivity index (χ0n) is 30.1. The van der Waals surface area contributed by atoms with E-state index in [9.17, 15) is 14.7 Å². The van der Waals surface area contributed by atoms with Crippen molar-refractivity contribution in [2.24, 2.45) is 40.4 Å². The average molecular weight is 730 g/mol. The standard InChI is InChI=1S/C41H51N3O5S2/c1-4-40(13-5-6-14-40)29-9-8-25-19-28-26-11-15-41(34(28)33-32(25)36(29)49-38(33)46)30-10-7-22(2)37(43-20-23(3)45)51-50-21-44-31-18-24(12-16-42-31)17-27(26)35(41)39(47)48-30/h10,12,16,18,22-23,25-26,28,34,37,43,45H,4-9,11,13-15,17,19-21H2,1-3H3,(H,42,44)/b30-10+/t22-,23+,25+,26-,28+,34-,37-,41+/m1/s1. The van der Waals surface area contributed by atoms with Crippen LogP contribution < -0.4 is 10.6 Å². The molecule has 0 unspecified atom stereocenters. The van der Waals surface area contributed by atoms with Gasteiger partial charge in [-0.05, 0) is 130 Å². The zero-order chi connectivity index (χ0) is 35.1. The number of hydrogen-bond donors (Lipinski definition) is 3. The summed E-state index contributed by atoms with van der Waals surface area (Å²) in [5, 5.41) is 17.3. The van der Waals surface area contributed by atoms with E-state index in [1.165, 1.54) is 42.4 Å². The third-order valence-corrected chi connectivity index (χ3v) is 16.6. The number of carbonyl (C=O) groups is 2. The fourth-order valence-corrected chi connectivity index (χ4v) is 14.2. The first-order valence-electron chi connectivity index (χ1n) is 19.5. The van der Waals surface area contributed by atoms with Crippen LogP contribution in [0.1, 0.15) is 97.0 Å². The molecule has 6 aliphatic carbocycles. The van der Waals surface area contributed by atoms with E-state index < -0.39 is 11.5 Å². The highest BCUT2D eigenvalue weighted by molar-refractivity contribution is 8.76. The summed E-state index contributed by atoms with van der Waals surface area (Å²) in [6.45, 7) is 6.83. The lowest BCUT2D eigenvalue weighted by Crippen LogP contribution is -2.53. The van der Waals surface area contributed by atoms with E-state index in [0.717, 1.165) is 72.6 Å². The number of pyridine rings is 1. The lowest BCUT2D eigenvalue weighted by molar-refractivity contribution is -0.135. The summed E-state index contributed by atoms with van der Waals surface area (Å²) in [5.41, 5.74) is 6.12. The Morgan fingerprint density at radius 1 is 1.14 bits per heavy atom. The van der Waals surface area contributed by atoms with Crippen molar-refractivity contribution >= 4 is 39.3 Å². The molecule has 1 spiro atoms. The quantitative estimate of drug-likeness (QED) is 0.204. The normalized spacial score (nSPS) is 37.0. The summed E-state index contributed by atoms with van der Waals surface area (Å²) in [4.78, 5) is 33.4. The van der Waals surface area contributed by atoms with Crippen molar-refractivity contribution in [3.8, 4) is 0 Å². The molecular weight excluding hydrogens is 679 g/mol. The molecule has 3 aliphatic heterocycles. The van der Waals surface area contributed by atoms with E-state index in [-0.39, 0.29) is 46.4 Å². The van der Waals surface area contributed by atoms with Gasteiger partial charge < -0.3 is 25.2 Å². The minimum Gasteiger partial charge on any atom is -0.427 e. The summed E-state index contributed by atoms with van der Waals surface area (Å²) in [5.74, 6) is 3.65. The maximum absolute atomic E-state index is 14.5. The SMILES string of the molecule is CCC1(C2=C3OC(=O)C4=C3[C@@H](CC2)C[C@H]2[C@@H]3CC[C@@]5(C6=C3Cc3ccnc(c3)NCSS[C@@H](NC[C@H](C)O)[C@H](C)C/C=C\5OC6=O)[C@@H]42)CCCC1. The lowest BCUT2D eigenvalue weighted by atomic mass is 9.43. The number of allylic oxidation sites excluding steroid dienone is 5. The van der Waals surface area contributed by atoms with Gasteiger partial charge in [0.1, 0.15) is 17.3 Å². The topological polar surface area (TPSA) is 110 Å². The predicted molar refractivity (Wildman–Crippen MR) is 201 cm³/mol. The monoisotopic (exact) mass is 729 g/mol. The van der Waals surface area contributed by atoms with Crippen LogP contribution in [0.5, 0.6) is 0 Å². The second kappa shape index (κ2) is 13.1. The molecule has 0 amide bonds. The van der Waals surface area contributed by atoms with Crippen LogP contribution in [-0.2, 0) is 25.5 Å². The molecule has 4 heterocycles. The van der Waals surface area contributed by atoms with E-state index in [1.54, 1.807) is 28.5 Å². The van der Waals surface area contributed by atoms with E-state index >= 15 is 0 Å².